The van der Waals surface area contributed by atoms with E-state index in [1.165, 1.54) is 36.8 Å². The van der Waals surface area contributed by atoms with Gasteiger partial charge in [-0.05, 0) is 67.1 Å². The molecule has 0 spiro atoms. The molecule has 0 aliphatic rings. The lowest BCUT2D eigenvalue weighted by atomic mass is 10.0. The topological polar surface area (TPSA) is 22.1 Å². The molecule has 0 N–H and O–H groups in total. The molecule has 0 aliphatic heterocycles. The minimum atomic E-state index is 0.928. The van der Waals surface area contributed by atoms with E-state index in [1.54, 1.807) is 7.11 Å². The van der Waals surface area contributed by atoms with Crippen LogP contribution in [0.15, 0.2) is 47.2 Å². The molecule has 0 radical (unpaired) electrons. The number of halogens is 1. The smallest absolute Gasteiger partial charge is 0.120 e. The summed E-state index contributed by atoms with van der Waals surface area (Å²) in [7, 11) is 1.71. The van der Waals surface area contributed by atoms with Crippen molar-refractivity contribution in [1.82, 2.24) is 4.98 Å². The molecule has 1 aromatic heterocycles. The van der Waals surface area contributed by atoms with E-state index in [0.29, 0.717) is 0 Å². The lowest BCUT2D eigenvalue weighted by Crippen LogP contribution is -1.90. The average Bonchev–Trinajstić information content (AvgIpc) is 2.51. The van der Waals surface area contributed by atoms with Gasteiger partial charge in [-0.1, -0.05) is 28.8 Å². The number of hydrogen-bond acceptors (Lipinski definition) is 2. The molecule has 21 heavy (non-hydrogen) atoms. The molecule has 2 aromatic rings. The SMILES string of the molecule is COc1cc(Br)cc(CCCCCCc2ccncc2)c1. The minimum absolute atomic E-state index is 0.928. The highest BCUT2D eigenvalue weighted by Crippen LogP contribution is 2.22. The van der Waals surface area contributed by atoms with Crippen LogP contribution in [-0.4, -0.2) is 12.1 Å². The van der Waals surface area contributed by atoms with E-state index in [0.717, 1.165) is 23.1 Å². The van der Waals surface area contributed by atoms with Crippen molar-refractivity contribution in [2.45, 2.75) is 38.5 Å². The number of unbranched alkanes of at least 4 members (excludes halogenated alkanes) is 3. The van der Waals surface area contributed by atoms with Crippen LogP contribution in [0.2, 0.25) is 0 Å². The molecular weight excluding hydrogens is 326 g/mol. The molecule has 0 fully saturated rings. The van der Waals surface area contributed by atoms with Gasteiger partial charge in [0.05, 0.1) is 7.11 Å². The largest absolute Gasteiger partial charge is 0.497 e. The molecule has 1 aromatic carbocycles. The number of methoxy groups -OCH3 is 1. The molecule has 0 unspecified atom stereocenters. The van der Waals surface area contributed by atoms with Crippen LogP contribution in [0, 0.1) is 0 Å². The van der Waals surface area contributed by atoms with Crippen LogP contribution in [0.5, 0.6) is 5.75 Å². The highest BCUT2D eigenvalue weighted by Gasteiger charge is 2.00. The summed E-state index contributed by atoms with van der Waals surface area (Å²) in [5.41, 5.74) is 2.73. The number of aromatic nitrogens is 1. The number of ether oxygens (including phenoxy) is 1. The van der Waals surface area contributed by atoms with Crippen LogP contribution in [-0.2, 0) is 12.8 Å². The van der Waals surface area contributed by atoms with Crippen LogP contribution < -0.4 is 4.74 Å². The molecule has 0 saturated heterocycles. The van der Waals surface area contributed by atoms with Gasteiger partial charge < -0.3 is 4.74 Å². The second-order valence-corrected chi connectivity index (χ2v) is 6.18. The van der Waals surface area contributed by atoms with Gasteiger partial charge in [0, 0.05) is 16.9 Å². The summed E-state index contributed by atoms with van der Waals surface area (Å²) in [6, 6.07) is 10.5. The van der Waals surface area contributed by atoms with E-state index in [2.05, 4.69) is 45.2 Å². The first-order valence-corrected chi connectivity index (χ1v) is 8.29. The monoisotopic (exact) mass is 347 g/mol. The highest BCUT2D eigenvalue weighted by atomic mass is 79.9. The van der Waals surface area contributed by atoms with E-state index in [1.807, 2.05) is 18.5 Å². The van der Waals surface area contributed by atoms with Gasteiger partial charge in [-0.2, -0.15) is 0 Å². The first kappa shape index (κ1) is 16.0. The van der Waals surface area contributed by atoms with Gasteiger partial charge in [-0.15, -0.1) is 0 Å². The standard InChI is InChI=1S/C18H22BrNO/c1-21-18-13-16(12-17(19)14-18)7-5-3-2-4-6-15-8-10-20-11-9-15/h8-14H,2-7H2,1H3. The Kier molecular flexibility index (Phi) is 6.74. The summed E-state index contributed by atoms with van der Waals surface area (Å²) in [4.78, 5) is 4.04. The van der Waals surface area contributed by atoms with Gasteiger partial charge in [-0.25, -0.2) is 0 Å². The molecule has 2 rings (SSSR count). The van der Waals surface area contributed by atoms with E-state index in [9.17, 15) is 0 Å². The van der Waals surface area contributed by atoms with Crippen LogP contribution in [0.1, 0.15) is 36.8 Å². The van der Waals surface area contributed by atoms with Gasteiger partial charge in [0.1, 0.15) is 5.75 Å². The third-order valence-corrected chi connectivity index (χ3v) is 4.05. The van der Waals surface area contributed by atoms with Crippen LogP contribution >= 0.6 is 15.9 Å². The Balaban J connectivity index is 1.65. The number of benzene rings is 1. The van der Waals surface area contributed by atoms with Crippen LogP contribution in [0.25, 0.3) is 0 Å². The Labute approximate surface area is 135 Å². The Morgan fingerprint density at radius 3 is 2.24 bits per heavy atom. The maximum absolute atomic E-state index is 5.29. The molecule has 0 aliphatic carbocycles. The predicted octanol–water partition coefficient (Wildman–Crippen LogP) is 5.20. The number of rotatable bonds is 8. The van der Waals surface area contributed by atoms with E-state index >= 15 is 0 Å². The molecule has 0 amide bonds. The van der Waals surface area contributed by atoms with Crippen molar-refractivity contribution >= 4 is 15.9 Å². The average molecular weight is 348 g/mol. The van der Waals surface area contributed by atoms with Crippen molar-refractivity contribution < 1.29 is 4.74 Å². The Morgan fingerprint density at radius 2 is 1.57 bits per heavy atom. The molecule has 0 atom stereocenters. The van der Waals surface area contributed by atoms with Gasteiger partial charge in [0.2, 0.25) is 0 Å². The highest BCUT2D eigenvalue weighted by molar-refractivity contribution is 9.10. The first-order chi connectivity index (χ1) is 10.3. The van der Waals surface area contributed by atoms with Gasteiger partial charge in [0.25, 0.3) is 0 Å². The Hall–Kier alpha value is -1.35. The summed E-state index contributed by atoms with van der Waals surface area (Å²) >= 11 is 3.53. The molecular formula is C18H22BrNO. The summed E-state index contributed by atoms with van der Waals surface area (Å²) in [6.07, 6.45) is 11.1. The van der Waals surface area contributed by atoms with Gasteiger partial charge in [-0.3, -0.25) is 4.98 Å². The molecule has 3 heteroatoms. The maximum Gasteiger partial charge on any atom is 0.120 e. The Morgan fingerprint density at radius 1 is 0.905 bits per heavy atom. The minimum Gasteiger partial charge on any atom is -0.497 e. The zero-order chi connectivity index (χ0) is 14.9. The van der Waals surface area contributed by atoms with E-state index in [-0.39, 0.29) is 0 Å². The van der Waals surface area contributed by atoms with Crippen molar-refractivity contribution in [2.75, 3.05) is 7.11 Å². The predicted molar refractivity (Wildman–Crippen MR) is 90.8 cm³/mol. The fourth-order valence-electron chi connectivity index (χ4n) is 2.44. The summed E-state index contributed by atoms with van der Waals surface area (Å²) in [5.74, 6) is 0.928. The summed E-state index contributed by atoms with van der Waals surface area (Å²) in [5, 5.41) is 0. The van der Waals surface area contributed by atoms with Crippen molar-refractivity contribution in [3.05, 3.63) is 58.3 Å². The summed E-state index contributed by atoms with van der Waals surface area (Å²) in [6.45, 7) is 0. The zero-order valence-corrected chi connectivity index (χ0v) is 14.1. The second-order valence-electron chi connectivity index (χ2n) is 5.27. The third-order valence-electron chi connectivity index (χ3n) is 3.60. The number of nitrogens with zero attached hydrogens (tertiary/aromatic N) is 1. The maximum atomic E-state index is 5.29. The lowest BCUT2D eigenvalue weighted by Gasteiger charge is -2.06. The lowest BCUT2D eigenvalue weighted by molar-refractivity contribution is 0.414. The second kappa shape index (κ2) is 8.83. The van der Waals surface area contributed by atoms with Crippen molar-refractivity contribution in [2.24, 2.45) is 0 Å². The van der Waals surface area contributed by atoms with Gasteiger partial charge >= 0.3 is 0 Å². The van der Waals surface area contributed by atoms with E-state index < -0.39 is 0 Å². The molecule has 2 nitrogen and oxygen atoms in total. The fraction of sp³-hybridized carbons (Fsp3) is 0.389. The third kappa shape index (κ3) is 5.88. The number of aryl methyl sites for hydroxylation is 2. The van der Waals surface area contributed by atoms with Gasteiger partial charge in [0.15, 0.2) is 0 Å². The molecule has 0 saturated carbocycles. The number of pyridine rings is 1. The molecule has 1 heterocycles. The quantitative estimate of drug-likeness (QED) is 0.612. The number of hydrogen-bond donors (Lipinski definition) is 0. The Bertz CT molecular complexity index is 542. The fourth-order valence-corrected chi connectivity index (χ4v) is 2.96. The van der Waals surface area contributed by atoms with Crippen molar-refractivity contribution in [1.29, 1.82) is 0 Å². The molecule has 112 valence electrons. The zero-order valence-electron chi connectivity index (χ0n) is 12.5. The molecule has 0 bridgehead atoms. The first-order valence-electron chi connectivity index (χ1n) is 7.50. The van der Waals surface area contributed by atoms with E-state index in [4.69, 9.17) is 4.74 Å². The van der Waals surface area contributed by atoms with Crippen LogP contribution in [0.4, 0.5) is 0 Å². The van der Waals surface area contributed by atoms with Crippen molar-refractivity contribution in [3.8, 4) is 5.75 Å². The van der Waals surface area contributed by atoms with Crippen LogP contribution in [0.3, 0.4) is 0 Å². The normalized spacial score (nSPS) is 10.6. The summed E-state index contributed by atoms with van der Waals surface area (Å²) < 4.78 is 6.39. The van der Waals surface area contributed by atoms with Crippen molar-refractivity contribution in [3.63, 3.8) is 0 Å².